The van der Waals surface area contributed by atoms with E-state index < -0.39 is 0 Å². The summed E-state index contributed by atoms with van der Waals surface area (Å²) in [4.78, 5) is 2.41. The summed E-state index contributed by atoms with van der Waals surface area (Å²) in [5, 5.41) is 12.0. The highest BCUT2D eigenvalue weighted by Gasteiger charge is 2.16. The molecule has 19 heavy (non-hydrogen) atoms. The van der Waals surface area contributed by atoms with Gasteiger partial charge >= 0.3 is 0 Å². The van der Waals surface area contributed by atoms with Gasteiger partial charge in [0.2, 0.25) is 0 Å². The van der Waals surface area contributed by atoms with Crippen LogP contribution in [0.3, 0.4) is 0 Å². The quantitative estimate of drug-likeness (QED) is 0.811. The Balaban J connectivity index is 1.76. The largest absolute Gasteiger partial charge is 0.399 e. The van der Waals surface area contributed by atoms with Gasteiger partial charge in [-0.15, -0.1) is 0 Å². The third-order valence-corrected chi connectivity index (χ3v) is 3.89. The molecule has 0 bridgehead atoms. The molecule has 3 rings (SSSR count). The molecule has 1 heterocycles. The van der Waals surface area contributed by atoms with Crippen molar-refractivity contribution in [3.8, 4) is 0 Å². The van der Waals surface area contributed by atoms with Crippen molar-refractivity contribution >= 4 is 16.5 Å². The summed E-state index contributed by atoms with van der Waals surface area (Å²) in [5.74, 6) is 0. The average Bonchev–Trinajstić information content (AvgIpc) is 2.42. The second-order valence-electron chi connectivity index (χ2n) is 5.45. The van der Waals surface area contributed by atoms with E-state index in [2.05, 4.69) is 29.2 Å². The number of nitrogens with zero attached hydrogens (tertiary/aromatic N) is 1. The molecule has 0 amide bonds. The molecule has 0 unspecified atom stereocenters. The average molecular weight is 256 g/mol. The molecular formula is C16H20N2O. The van der Waals surface area contributed by atoms with Crippen molar-refractivity contribution in [2.24, 2.45) is 0 Å². The van der Waals surface area contributed by atoms with Gasteiger partial charge in [-0.3, -0.25) is 4.90 Å². The summed E-state index contributed by atoms with van der Waals surface area (Å²) in [7, 11) is 0. The molecule has 2 aromatic carbocycles. The van der Waals surface area contributed by atoms with Crippen molar-refractivity contribution in [1.82, 2.24) is 4.90 Å². The van der Waals surface area contributed by atoms with Gasteiger partial charge in [-0.05, 0) is 47.4 Å². The van der Waals surface area contributed by atoms with E-state index in [1.54, 1.807) is 0 Å². The van der Waals surface area contributed by atoms with Crippen LogP contribution in [0.25, 0.3) is 10.8 Å². The van der Waals surface area contributed by atoms with Gasteiger partial charge in [-0.1, -0.05) is 18.2 Å². The number of benzene rings is 2. The minimum atomic E-state index is -0.101. The number of fused-ring (bicyclic) bond motifs is 1. The summed E-state index contributed by atoms with van der Waals surface area (Å²) in [6, 6.07) is 12.6. The number of nitrogens with two attached hydrogens (primary N) is 1. The maximum Gasteiger partial charge on any atom is 0.0564 e. The van der Waals surface area contributed by atoms with Crippen molar-refractivity contribution in [2.75, 3.05) is 18.8 Å². The zero-order chi connectivity index (χ0) is 13.2. The summed E-state index contributed by atoms with van der Waals surface area (Å²) >= 11 is 0. The van der Waals surface area contributed by atoms with E-state index in [-0.39, 0.29) is 6.10 Å². The fourth-order valence-electron chi connectivity index (χ4n) is 2.75. The minimum absolute atomic E-state index is 0.101. The van der Waals surface area contributed by atoms with Crippen LogP contribution in [0.5, 0.6) is 0 Å². The van der Waals surface area contributed by atoms with E-state index in [4.69, 9.17) is 5.73 Å². The topological polar surface area (TPSA) is 49.5 Å². The molecule has 3 heteroatoms. The van der Waals surface area contributed by atoms with Crippen LogP contribution >= 0.6 is 0 Å². The number of hydrogen-bond donors (Lipinski definition) is 2. The maximum atomic E-state index is 9.52. The first-order valence-electron chi connectivity index (χ1n) is 6.89. The lowest BCUT2D eigenvalue weighted by Gasteiger charge is -2.29. The van der Waals surface area contributed by atoms with Gasteiger partial charge in [0.15, 0.2) is 0 Å². The number of likely N-dealkylation sites (tertiary alicyclic amines) is 1. The Morgan fingerprint density at radius 3 is 2.53 bits per heavy atom. The van der Waals surface area contributed by atoms with Crippen LogP contribution < -0.4 is 5.73 Å². The number of nitrogen functional groups attached to an aromatic ring is 1. The molecule has 1 aliphatic heterocycles. The molecule has 0 aromatic heterocycles. The molecule has 3 nitrogen and oxygen atoms in total. The van der Waals surface area contributed by atoms with E-state index in [0.29, 0.717) is 0 Å². The third kappa shape index (κ3) is 2.88. The van der Waals surface area contributed by atoms with Crippen molar-refractivity contribution in [3.63, 3.8) is 0 Å². The van der Waals surface area contributed by atoms with Gasteiger partial charge in [-0.25, -0.2) is 0 Å². The van der Waals surface area contributed by atoms with Crippen LogP contribution in [-0.4, -0.2) is 29.2 Å². The van der Waals surface area contributed by atoms with Crippen LogP contribution in [-0.2, 0) is 6.54 Å². The Morgan fingerprint density at radius 1 is 1.05 bits per heavy atom. The lowest BCUT2D eigenvalue weighted by molar-refractivity contribution is 0.0792. The van der Waals surface area contributed by atoms with E-state index >= 15 is 0 Å². The number of anilines is 1. The van der Waals surface area contributed by atoms with Crippen LogP contribution in [0, 0.1) is 0 Å². The normalized spacial score (nSPS) is 17.9. The molecule has 0 atom stereocenters. The van der Waals surface area contributed by atoms with Crippen LogP contribution in [0.4, 0.5) is 5.69 Å². The zero-order valence-corrected chi connectivity index (χ0v) is 11.0. The van der Waals surface area contributed by atoms with Gasteiger partial charge in [-0.2, -0.15) is 0 Å². The summed E-state index contributed by atoms with van der Waals surface area (Å²) in [6.45, 7) is 2.94. The van der Waals surface area contributed by atoms with Crippen molar-refractivity contribution in [1.29, 1.82) is 0 Å². The van der Waals surface area contributed by atoms with Crippen LogP contribution in [0.2, 0.25) is 0 Å². The summed E-state index contributed by atoms with van der Waals surface area (Å²) in [5.41, 5.74) is 7.93. The predicted octanol–water partition coefficient (Wildman–Crippen LogP) is 2.38. The maximum absolute atomic E-state index is 9.52. The Labute approximate surface area is 113 Å². The predicted molar refractivity (Wildman–Crippen MR) is 78.9 cm³/mol. The molecular weight excluding hydrogens is 236 g/mol. The molecule has 100 valence electrons. The highest BCUT2D eigenvalue weighted by Crippen LogP contribution is 2.21. The number of aliphatic hydroxyl groups is 1. The van der Waals surface area contributed by atoms with Crippen molar-refractivity contribution in [2.45, 2.75) is 25.5 Å². The molecule has 3 N–H and O–H groups in total. The molecule has 0 spiro atoms. The fourth-order valence-corrected chi connectivity index (χ4v) is 2.75. The SMILES string of the molecule is Nc1ccc2cc(CN3CCC(O)CC3)ccc2c1. The fraction of sp³-hybridized carbons (Fsp3) is 0.375. The molecule has 0 aliphatic carbocycles. The number of hydrogen-bond acceptors (Lipinski definition) is 3. The second kappa shape index (κ2) is 5.19. The third-order valence-electron chi connectivity index (χ3n) is 3.89. The molecule has 0 radical (unpaired) electrons. The molecule has 0 saturated carbocycles. The smallest absolute Gasteiger partial charge is 0.0564 e. The Bertz CT molecular complexity index is 574. The second-order valence-corrected chi connectivity index (χ2v) is 5.45. The summed E-state index contributed by atoms with van der Waals surface area (Å²) in [6.07, 6.45) is 1.68. The first kappa shape index (κ1) is 12.5. The van der Waals surface area contributed by atoms with E-state index in [1.807, 2.05) is 12.1 Å². The van der Waals surface area contributed by atoms with Gasteiger partial charge < -0.3 is 10.8 Å². The van der Waals surface area contributed by atoms with Crippen LogP contribution in [0.15, 0.2) is 36.4 Å². The lowest BCUT2D eigenvalue weighted by atomic mass is 10.0. The van der Waals surface area contributed by atoms with E-state index in [1.165, 1.54) is 16.3 Å². The van der Waals surface area contributed by atoms with Crippen LogP contribution in [0.1, 0.15) is 18.4 Å². The first-order valence-corrected chi connectivity index (χ1v) is 6.89. The zero-order valence-electron chi connectivity index (χ0n) is 11.0. The molecule has 2 aromatic rings. The lowest BCUT2D eigenvalue weighted by Crippen LogP contribution is -2.35. The Kier molecular flexibility index (Phi) is 3.40. The van der Waals surface area contributed by atoms with Crippen molar-refractivity contribution < 1.29 is 5.11 Å². The standard InChI is InChI=1S/C16H20N2O/c17-15-4-3-13-9-12(1-2-14(13)10-15)11-18-7-5-16(19)6-8-18/h1-4,9-10,16,19H,5-8,11,17H2. The first-order chi connectivity index (χ1) is 9.20. The number of aliphatic hydroxyl groups excluding tert-OH is 1. The highest BCUT2D eigenvalue weighted by atomic mass is 16.3. The monoisotopic (exact) mass is 256 g/mol. The minimum Gasteiger partial charge on any atom is -0.399 e. The number of rotatable bonds is 2. The van der Waals surface area contributed by atoms with Gasteiger partial charge in [0, 0.05) is 25.3 Å². The Hall–Kier alpha value is -1.58. The molecule has 1 saturated heterocycles. The van der Waals surface area contributed by atoms with Gasteiger partial charge in [0.25, 0.3) is 0 Å². The van der Waals surface area contributed by atoms with Crippen molar-refractivity contribution in [3.05, 3.63) is 42.0 Å². The molecule has 1 fully saturated rings. The van der Waals surface area contributed by atoms with E-state index in [0.717, 1.165) is 38.2 Å². The van der Waals surface area contributed by atoms with Gasteiger partial charge in [0.05, 0.1) is 6.10 Å². The Morgan fingerprint density at radius 2 is 1.74 bits per heavy atom. The van der Waals surface area contributed by atoms with E-state index in [9.17, 15) is 5.11 Å². The summed E-state index contributed by atoms with van der Waals surface area (Å²) < 4.78 is 0. The van der Waals surface area contributed by atoms with Gasteiger partial charge in [0.1, 0.15) is 0 Å². The highest BCUT2D eigenvalue weighted by molar-refractivity contribution is 5.85. The molecule has 1 aliphatic rings. The number of piperidine rings is 1.